The summed E-state index contributed by atoms with van der Waals surface area (Å²) in [6, 6.07) is 11.6. The first-order chi connectivity index (χ1) is 10.1. The maximum Gasteiger partial charge on any atom is 0.124 e. The SMILES string of the molecule is N=C(N)c1cc(F)cc(COc2ccccc2CCO)c1. The van der Waals surface area contributed by atoms with Crippen LogP contribution in [-0.2, 0) is 13.0 Å². The van der Waals surface area contributed by atoms with Crippen molar-refractivity contribution in [3.63, 3.8) is 0 Å². The number of para-hydroxylation sites is 1. The molecule has 2 aromatic carbocycles. The topological polar surface area (TPSA) is 79.3 Å². The molecule has 0 atom stereocenters. The van der Waals surface area contributed by atoms with E-state index in [0.717, 1.165) is 5.56 Å². The molecule has 21 heavy (non-hydrogen) atoms. The molecule has 0 radical (unpaired) electrons. The van der Waals surface area contributed by atoms with Gasteiger partial charge in [-0.2, -0.15) is 0 Å². The Morgan fingerprint density at radius 1 is 1.24 bits per heavy atom. The fourth-order valence-corrected chi connectivity index (χ4v) is 2.02. The Morgan fingerprint density at radius 2 is 2.00 bits per heavy atom. The Labute approximate surface area is 122 Å². The summed E-state index contributed by atoms with van der Waals surface area (Å²) in [6.07, 6.45) is 0.498. The normalized spacial score (nSPS) is 10.4. The van der Waals surface area contributed by atoms with Gasteiger partial charge in [-0.1, -0.05) is 18.2 Å². The molecule has 110 valence electrons. The Morgan fingerprint density at radius 3 is 2.71 bits per heavy atom. The number of nitrogen functional groups attached to an aromatic ring is 1. The zero-order valence-corrected chi connectivity index (χ0v) is 11.5. The molecule has 5 heteroatoms. The molecule has 0 aromatic heterocycles. The molecule has 0 unspecified atom stereocenters. The van der Waals surface area contributed by atoms with Gasteiger partial charge in [-0.25, -0.2) is 4.39 Å². The van der Waals surface area contributed by atoms with E-state index in [-0.39, 0.29) is 19.0 Å². The first-order valence-electron chi connectivity index (χ1n) is 6.55. The van der Waals surface area contributed by atoms with E-state index >= 15 is 0 Å². The highest BCUT2D eigenvalue weighted by atomic mass is 19.1. The lowest BCUT2D eigenvalue weighted by atomic mass is 10.1. The standard InChI is InChI=1S/C16H17FN2O2/c17-14-8-11(7-13(9-14)16(18)19)10-21-15-4-2-1-3-12(15)5-6-20/h1-4,7-9,20H,5-6,10H2,(H3,18,19). The van der Waals surface area contributed by atoms with Crippen LogP contribution in [0.1, 0.15) is 16.7 Å². The number of halogens is 1. The van der Waals surface area contributed by atoms with E-state index in [1.807, 2.05) is 18.2 Å². The van der Waals surface area contributed by atoms with E-state index < -0.39 is 5.82 Å². The van der Waals surface area contributed by atoms with Crippen molar-refractivity contribution < 1.29 is 14.2 Å². The predicted molar refractivity (Wildman–Crippen MR) is 79.0 cm³/mol. The van der Waals surface area contributed by atoms with Gasteiger partial charge < -0.3 is 15.6 Å². The van der Waals surface area contributed by atoms with Gasteiger partial charge in [0.2, 0.25) is 0 Å². The van der Waals surface area contributed by atoms with Crippen molar-refractivity contribution in [3.05, 3.63) is 65.0 Å². The number of hydrogen-bond donors (Lipinski definition) is 3. The van der Waals surface area contributed by atoms with Crippen molar-refractivity contribution >= 4 is 5.84 Å². The molecule has 0 heterocycles. The van der Waals surface area contributed by atoms with Crippen molar-refractivity contribution in [1.82, 2.24) is 0 Å². The molecule has 0 aliphatic rings. The molecule has 0 spiro atoms. The molecule has 0 amide bonds. The molecule has 0 aliphatic heterocycles. The number of ether oxygens (including phenoxy) is 1. The number of amidine groups is 1. The van der Waals surface area contributed by atoms with Crippen molar-refractivity contribution in [1.29, 1.82) is 5.41 Å². The van der Waals surface area contributed by atoms with Gasteiger partial charge in [0.25, 0.3) is 0 Å². The number of nitrogens with two attached hydrogens (primary N) is 1. The van der Waals surface area contributed by atoms with E-state index in [9.17, 15) is 4.39 Å². The summed E-state index contributed by atoms with van der Waals surface area (Å²) in [6.45, 7) is 0.204. The summed E-state index contributed by atoms with van der Waals surface area (Å²) in [5.41, 5.74) is 7.19. The summed E-state index contributed by atoms with van der Waals surface area (Å²) in [7, 11) is 0. The third kappa shape index (κ3) is 4.03. The van der Waals surface area contributed by atoms with Gasteiger partial charge >= 0.3 is 0 Å². The number of aliphatic hydroxyl groups is 1. The van der Waals surface area contributed by atoms with Crippen LogP contribution in [-0.4, -0.2) is 17.5 Å². The largest absolute Gasteiger partial charge is 0.489 e. The molecule has 4 N–H and O–H groups in total. The molecule has 0 aliphatic carbocycles. The minimum absolute atomic E-state index is 0.0365. The summed E-state index contributed by atoms with van der Waals surface area (Å²) >= 11 is 0. The highest BCUT2D eigenvalue weighted by Crippen LogP contribution is 2.20. The van der Waals surface area contributed by atoms with E-state index in [1.54, 1.807) is 12.1 Å². The first kappa shape index (κ1) is 15.0. The molecule has 2 rings (SSSR count). The molecular formula is C16H17FN2O2. The minimum Gasteiger partial charge on any atom is -0.489 e. The second-order valence-corrected chi connectivity index (χ2v) is 4.63. The molecule has 0 saturated heterocycles. The van der Waals surface area contributed by atoms with Crippen LogP contribution < -0.4 is 10.5 Å². The van der Waals surface area contributed by atoms with E-state index in [0.29, 0.717) is 23.3 Å². The maximum atomic E-state index is 13.5. The van der Waals surface area contributed by atoms with E-state index in [2.05, 4.69) is 0 Å². The first-order valence-corrected chi connectivity index (χ1v) is 6.55. The monoisotopic (exact) mass is 288 g/mol. The molecular weight excluding hydrogens is 271 g/mol. The summed E-state index contributed by atoms with van der Waals surface area (Å²) < 4.78 is 19.1. The summed E-state index contributed by atoms with van der Waals surface area (Å²) in [5.74, 6) is 0.0153. The summed E-state index contributed by atoms with van der Waals surface area (Å²) in [4.78, 5) is 0. The number of nitrogens with one attached hydrogen (secondary N) is 1. The van der Waals surface area contributed by atoms with Crippen LogP contribution in [0.4, 0.5) is 4.39 Å². The molecule has 0 fully saturated rings. The zero-order valence-electron chi connectivity index (χ0n) is 11.5. The average molecular weight is 288 g/mol. The van der Waals surface area contributed by atoms with Gasteiger partial charge in [0.15, 0.2) is 0 Å². The zero-order chi connectivity index (χ0) is 15.2. The number of rotatable bonds is 6. The number of benzene rings is 2. The average Bonchev–Trinajstić information content (AvgIpc) is 2.46. The quantitative estimate of drug-likeness (QED) is 0.563. The fraction of sp³-hybridized carbons (Fsp3) is 0.188. The van der Waals surface area contributed by atoms with Crippen molar-refractivity contribution in [3.8, 4) is 5.75 Å². The number of hydrogen-bond acceptors (Lipinski definition) is 3. The van der Waals surface area contributed by atoms with Crippen molar-refractivity contribution in [2.24, 2.45) is 5.73 Å². The van der Waals surface area contributed by atoms with Gasteiger partial charge in [-0.3, -0.25) is 5.41 Å². The van der Waals surface area contributed by atoms with Crippen LogP contribution in [0.3, 0.4) is 0 Å². The lowest BCUT2D eigenvalue weighted by molar-refractivity contribution is 0.283. The van der Waals surface area contributed by atoms with Crippen LogP contribution in [0, 0.1) is 11.2 Å². The number of aliphatic hydroxyl groups excluding tert-OH is 1. The third-order valence-corrected chi connectivity index (χ3v) is 3.02. The molecule has 0 saturated carbocycles. The van der Waals surface area contributed by atoms with E-state index in [1.165, 1.54) is 12.1 Å². The smallest absolute Gasteiger partial charge is 0.124 e. The maximum absolute atomic E-state index is 13.5. The molecule has 4 nitrogen and oxygen atoms in total. The molecule has 0 bridgehead atoms. The van der Waals surface area contributed by atoms with E-state index in [4.69, 9.17) is 21.0 Å². The van der Waals surface area contributed by atoms with Gasteiger partial charge in [-0.15, -0.1) is 0 Å². The predicted octanol–water partition coefficient (Wildman–Crippen LogP) is 2.22. The minimum atomic E-state index is -0.454. The van der Waals surface area contributed by atoms with Crippen LogP contribution in [0.5, 0.6) is 5.75 Å². The van der Waals surface area contributed by atoms with Gasteiger partial charge in [0.1, 0.15) is 24.0 Å². The highest BCUT2D eigenvalue weighted by molar-refractivity contribution is 5.95. The van der Waals surface area contributed by atoms with Crippen LogP contribution in [0.15, 0.2) is 42.5 Å². The lowest BCUT2D eigenvalue weighted by Crippen LogP contribution is -2.12. The Bertz CT molecular complexity index is 644. The van der Waals surface area contributed by atoms with Crippen LogP contribution >= 0.6 is 0 Å². The second kappa shape index (κ2) is 6.85. The van der Waals surface area contributed by atoms with Crippen molar-refractivity contribution in [2.45, 2.75) is 13.0 Å². The Hall–Kier alpha value is -2.40. The third-order valence-electron chi connectivity index (χ3n) is 3.02. The van der Waals surface area contributed by atoms with Gasteiger partial charge in [0, 0.05) is 12.2 Å². The van der Waals surface area contributed by atoms with Gasteiger partial charge in [0.05, 0.1) is 0 Å². The van der Waals surface area contributed by atoms with Crippen LogP contribution in [0.25, 0.3) is 0 Å². The van der Waals surface area contributed by atoms with Crippen LogP contribution in [0.2, 0.25) is 0 Å². The molecule has 2 aromatic rings. The summed E-state index contributed by atoms with van der Waals surface area (Å²) in [5, 5.41) is 16.4. The van der Waals surface area contributed by atoms with Crippen molar-refractivity contribution in [2.75, 3.05) is 6.61 Å². The lowest BCUT2D eigenvalue weighted by Gasteiger charge is -2.11. The fourth-order valence-electron chi connectivity index (χ4n) is 2.02. The van der Waals surface area contributed by atoms with Gasteiger partial charge in [-0.05, 0) is 41.8 Å². The Balaban J connectivity index is 2.15. The Kier molecular flexibility index (Phi) is 4.90. The second-order valence-electron chi connectivity index (χ2n) is 4.63. The highest BCUT2D eigenvalue weighted by Gasteiger charge is 2.06.